The van der Waals surface area contributed by atoms with Crippen molar-refractivity contribution >= 4 is 11.9 Å². The molecule has 0 amide bonds. The fourth-order valence-corrected chi connectivity index (χ4v) is 16.1. The molecule has 76 heavy (non-hydrogen) atoms. The molecule has 0 radical (unpaired) electrons. The Morgan fingerprint density at radius 1 is 0.553 bits per heavy atom. The van der Waals surface area contributed by atoms with Gasteiger partial charge in [-0.15, -0.1) is 0 Å². The third-order valence-corrected chi connectivity index (χ3v) is 21.0. The highest BCUT2D eigenvalue weighted by atomic mass is 16.8. The lowest BCUT2D eigenvalue weighted by Gasteiger charge is -2.71. The zero-order valence-electron chi connectivity index (χ0n) is 44.4. The van der Waals surface area contributed by atoms with E-state index in [9.17, 15) is 76.0 Å². The van der Waals surface area contributed by atoms with Gasteiger partial charge in [0.15, 0.2) is 18.7 Å². The maximum absolute atomic E-state index is 14.7. The lowest BCUT2D eigenvalue weighted by atomic mass is 9.33. The number of hydrogen-bond acceptors (Lipinski definition) is 23. The zero-order valence-corrected chi connectivity index (χ0v) is 44.4. The van der Waals surface area contributed by atoms with E-state index in [0.717, 1.165) is 32.1 Å². The Hall–Kier alpha value is -2.08. The van der Waals surface area contributed by atoms with E-state index in [1.807, 2.05) is 0 Å². The van der Waals surface area contributed by atoms with Crippen LogP contribution in [0.2, 0.25) is 0 Å². The average Bonchev–Trinajstić information content (AvgIpc) is 3.68. The summed E-state index contributed by atoms with van der Waals surface area (Å²) in [4.78, 5) is 28.9. The van der Waals surface area contributed by atoms with Gasteiger partial charge in [0.2, 0.25) is 12.6 Å². The van der Waals surface area contributed by atoms with Crippen molar-refractivity contribution in [2.75, 3.05) is 19.8 Å². The number of carbonyl (C=O) groups is 2. The Labute approximate surface area is 442 Å². The minimum atomic E-state index is -2.02. The Morgan fingerprint density at radius 3 is 1.66 bits per heavy atom. The van der Waals surface area contributed by atoms with Crippen LogP contribution in [0.5, 0.6) is 0 Å². The summed E-state index contributed by atoms with van der Waals surface area (Å²) in [6.45, 7) is 13.5. The summed E-state index contributed by atoms with van der Waals surface area (Å²) >= 11 is 0. The van der Waals surface area contributed by atoms with Crippen LogP contribution in [0.3, 0.4) is 0 Å². The summed E-state index contributed by atoms with van der Waals surface area (Å²) in [7, 11) is 0. The standard InChI is InChI=1S/C53H84O23/c1-48(2)14-16-53(47(68)76-45-38(65)34(61)31(58)25(20-55)71-45)17-15-51(6)22(23(53)18-48)8-9-28-50(5)12-11-29(49(3,4)27(50)10-13-52(28,51)7)72-46-39(66)35(62)40(73-43-36(63)32(59)26(21-56)69-43)41(74-46)42(67)75-44-37(64)33(60)30(57)24(19-54)70-44/h8,23-41,43-46,54-66H,9-21H2,1-7H3/t23-,24+,25+,26-,27-,28+,29-,30+,31+,32-,33-,34-,35+,36+,37+,38+,39+,40-,41-,43-,44-,45-,46+,50-,51+,52+,53-/m0/s1. The molecule has 23 heteroatoms. The van der Waals surface area contributed by atoms with Gasteiger partial charge in [-0.2, -0.15) is 0 Å². The second-order valence-corrected chi connectivity index (χ2v) is 25.8. The van der Waals surface area contributed by atoms with E-state index in [0.29, 0.717) is 32.1 Å². The van der Waals surface area contributed by atoms with Crippen molar-refractivity contribution in [3.05, 3.63) is 11.6 Å². The van der Waals surface area contributed by atoms with Crippen LogP contribution in [0.4, 0.5) is 0 Å². The van der Waals surface area contributed by atoms with E-state index in [1.165, 1.54) is 5.57 Å². The Kier molecular flexibility index (Phi) is 16.2. The number of aliphatic hydroxyl groups is 13. The first-order valence-corrected chi connectivity index (χ1v) is 27.2. The van der Waals surface area contributed by atoms with Gasteiger partial charge in [-0.05, 0) is 109 Å². The summed E-state index contributed by atoms with van der Waals surface area (Å²) in [6.07, 6.45) is -24.6. The molecule has 0 bridgehead atoms. The first-order valence-electron chi connectivity index (χ1n) is 27.2. The Morgan fingerprint density at radius 2 is 1.07 bits per heavy atom. The van der Waals surface area contributed by atoms with Crippen LogP contribution < -0.4 is 0 Å². The Bertz CT molecular complexity index is 2140. The summed E-state index contributed by atoms with van der Waals surface area (Å²) in [5.74, 6) is -1.88. The molecule has 0 spiro atoms. The normalized spacial score (nSPS) is 52.7. The van der Waals surface area contributed by atoms with Gasteiger partial charge in [0.1, 0.15) is 85.5 Å². The van der Waals surface area contributed by atoms with Crippen molar-refractivity contribution in [2.45, 2.75) is 235 Å². The minimum Gasteiger partial charge on any atom is -0.432 e. The first-order chi connectivity index (χ1) is 35.5. The zero-order chi connectivity index (χ0) is 55.6. The predicted molar refractivity (Wildman–Crippen MR) is 257 cm³/mol. The van der Waals surface area contributed by atoms with Crippen LogP contribution in [-0.2, 0) is 47.5 Å². The van der Waals surface area contributed by atoms with Gasteiger partial charge >= 0.3 is 11.9 Å². The van der Waals surface area contributed by atoms with Crippen LogP contribution in [-0.4, -0.2) is 221 Å². The Balaban J connectivity index is 0.951. The third-order valence-electron chi connectivity index (χ3n) is 21.0. The van der Waals surface area contributed by atoms with Crippen molar-refractivity contribution < 1.29 is 114 Å². The number of carbonyl (C=O) groups excluding carboxylic acids is 2. The van der Waals surface area contributed by atoms with Gasteiger partial charge < -0.3 is 104 Å². The molecule has 0 aromatic heterocycles. The molecule has 23 nitrogen and oxygen atoms in total. The number of rotatable bonds is 11. The molecular weight excluding hydrogens is 1000 g/mol. The van der Waals surface area contributed by atoms with Gasteiger partial charge in [0, 0.05) is 0 Å². The van der Waals surface area contributed by atoms with Gasteiger partial charge in [-0.3, -0.25) is 4.79 Å². The highest BCUT2D eigenvalue weighted by molar-refractivity contribution is 5.79. The van der Waals surface area contributed by atoms with Crippen molar-refractivity contribution in [2.24, 2.45) is 50.2 Å². The summed E-state index contributed by atoms with van der Waals surface area (Å²) in [5.41, 5.74) is -1.27. The lowest BCUT2D eigenvalue weighted by Crippen LogP contribution is -2.67. The van der Waals surface area contributed by atoms with Gasteiger partial charge in [0.25, 0.3) is 0 Å². The van der Waals surface area contributed by atoms with Crippen LogP contribution in [0, 0.1) is 50.2 Å². The van der Waals surface area contributed by atoms with Gasteiger partial charge in [-0.25, -0.2) is 4.79 Å². The van der Waals surface area contributed by atoms with E-state index in [1.54, 1.807) is 0 Å². The van der Waals surface area contributed by atoms with E-state index in [2.05, 4.69) is 54.5 Å². The van der Waals surface area contributed by atoms with Gasteiger partial charge in [0.05, 0.1) is 31.3 Å². The van der Waals surface area contributed by atoms with Crippen molar-refractivity contribution in [1.82, 2.24) is 0 Å². The molecule has 8 fully saturated rings. The molecule has 0 unspecified atom stereocenters. The molecule has 9 aliphatic rings. The largest absolute Gasteiger partial charge is 0.432 e. The number of esters is 2. The molecule has 27 atom stereocenters. The maximum Gasteiger partial charge on any atom is 0.340 e. The van der Waals surface area contributed by atoms with Crippen LogP contribution in [0.1, 0.15) is 113 Å². The lowest BCUT2D eigenvalue weighted by molar-refractivity contribution is -0.347. The van der Waals surface area contributed by atoms with Gasteiger partial charge in [-0.1, -0.05) is 60.1 Å². The van der Waals surface area contributed by atoms with E-state index in [4.69, 9.17) is 37.9 Å². The fourth-order valence-electron chi connectivity index (χ4n) is 16.1. The maximum atomic E-state index is 14.7. The first kappa shape index (κ1) is 58.6. The molecule has 0 aromatic carbocycles. The highest BCUT2D eigenvalue weighted by Gasteiger charge is 2.70. The molecule has 4 saturated heterocycles. The van der Waals surface area contributed by atoms with Crippen molar-refractivity contribution in [3.8, 4) is 0 Å². The molecule has 4 heterocycles. The molecule has 0 aromatic rings. The molecule has 4 aliphatic heterocycles. The molecular formula is C53H84O23. The summed E-state index contributed by atoms with van der Waals surface area (Å²) in [6, 6.07) is 0. The minimum absolute atomic E-state index is 0.0424. The monoisotopic (exact) mass is 1090 g/mol. The van der Waals surface area contributed by atoms with Crippen molar-refractivity contribution in [1.29, 1.82) is 0 Å². The molecule has 13 N–H and O–H groups in total. The second-order valence-electron chi connectivity index (χ2n) is 25.8. The van der Waals surface area contributed by atoms with E-state index < -0.39 is 165 Å². The van der Waals surface area contributed by atoms with E-state index >= 15 is 0 Å². The SMILES string of the molecule is CC1(C)CC[C@]2(C(=O)O[C@@H]3O[C@H](CO)[C@@H](O)[C@H](O)[C@H]3O)CC[C@]3(C)C(=CC[C@@H]4[C@@]5(C)CC[C@H](O[C@@H]6O[C@H](C(=O)O[C@@H]7O[C@H](CO)[C@@H](O)[C@H](O)[C@H]7O)[C@@H](O[C@@H]7O[C@@H](CO)[C@H](O)[C@H]7O)[C@H](O)[C@H]6O)C(C)(C)[C@@H]5CC[C@]43C)[C@@H]2C1. The summed E-state index contributed by atoms with van der Waals surface area (Å²) < 4.78 is 46.6. The number of fused-ring (bicyclic) bond motifs is 7. The highest BCUT2D eigenvalue weighted by Crippen LogP contribution is 2.76. The predicted octanol–water partition coefficient (Wildman–Crippen LogP) is -1.87. The average molecular weight is 1090 g/mol. The molecule has 9 rings (SSSR count). The fraction of sp³-hybridized carbons (Fsp3) is 0.925. The van der Waals surface area contributed by atoms with Crippen LogP contribution in [0.15, 0.2) is 11.6 Å². The smallest absolute Gasteiger partial charge is 0.340 e. The van der Waals surface area contributed by atoms with E-state index in [-0.39, 0.29) is 39.4 Å². The van der Waals surface area contributed by atoms with Crippen molar-refractivity contribution in [3.63, 3.8) is 0 Å². The number of ether oxygens (including phenoxy) is 8. The third kappa shape index (κ3) is 9.33. The molecule has 4 saturated carbocycles. The quantitative estimate of drug-likeness (QED) is 0.0612. The van der Waals surface area contributed by atoms with Crippen LogP contribution >= 0.6 is 0 Å². The molecule has 5 aliphatic carbocycles. The molecule has 434 valence electrons. The second kappa shape index (κ2) is 21.0. The topological polar surface area (TPSA) is 371 Å². The number of aliphatic hydroxyl groups excluding tert-OH is 13. The summed E-state index contributed by atoms with van der Waals surface area (Å²) in [5, 5.41) is 137. The number of hydrogen-bond donors (Lipinski definition) is 13. The van der Waals surface area contributed by atoms with Crippen LogP contribution in [0.25, 0.3) is 0 Å². The number of allylic oxidation sites excluding steroid dienone is 2.